The third-order valence-corrected chi connectivity index (χ3v) is 3.86. The van der Waals surface area contributed by atoms with E-state index in [9.17, 15) is 14.7 Å². The molecule has 0 saturated heterocycles. The number of hydrogen-bond acceptors (Lipinski definition) is 3. The van der Waals surface area contributed by atoms with Gasteiger partial charge in [-0.1, -0.05) is 31.0 Å². The van der Waals surface area contributed by atoms with Gasteiger partial charge in [-0.05, 0) is 25.0 Å². The van der Waals surface area contributed by atoms with Crippen molar-refractivity contribution in [3.63, 3.8) is 0 Å². The van der Waals surface area contributed by atoms with E-state index >= 15 is 0 Å². The highest BCUT2D eigenvalue weighted by Crippen LogP contribution is 2.32. The number of carboxylic acids is 1. The SMILES string of the molecule is CN(C(=O)[C@H]1CCCC[C@H]1C(=O)[O-])c1ccccc1. The molecule has 1 aliphatic rings. The quantitative estimate of drug-likeness (QED) is 0.820. The number of carbonyl (C=O) groups excluding carboxylic acids is 2. The van der Waals surface area contributed by atoms with Crippen molar-refractivity contribution >= 4 is 17.6 Å². The fourth-order valence-corrected chi connectivity index (χ4v) is 2.74. The van der Waals surface area contributed by atoms with Crippen LogP contribution in [0.25, 0.3) is 0 Å². The van der Waals surface area contributed by atoms with E-state index in [0.717, 1.165) is 18.5 Å². The molecule has 102 valence electrons. The minimum atomic E-state index is -1.10. The largest absolute Gasteiger partial charge is 0.550 e. The Morgan fingerprint density at radius 3 is 2.26 bits per heavy atom. The number of para-hydroxylation sites is 1. The molecule has 0 radical (unpaired) electrons. The summed E-state index contributed by atoms with van der Waals surface area (Å²) in [5.41, 5.74) is 0.787. The van der Waals surface area contributed by atoms with Gasteiger partial charge in [0, 0.05) is 30.5 Å². The zero-order chi connectivity index (χ0) is 13.8. The summed E-state index contributed by atoms with van der Waals surface area (Å²) in [6.07, 6.45) is 2.94. The zero-order valence-electron chi connectivity index (χ0n) is 11.0. The zero-order valence-corrected chi connectivity index (χ0v) is 11.0. The smallest absolute Gasteiger partial charge is 0.230 e. The predicted octanol–water partition coefficient (Wildman–Crippen LogP) is 1.21. The molecule has 0 heterocycles. The third kappa shape index (κ3) is 2.95. The highest BCUT2D eigenvalue weighted by molar-refractivity contribution is 5.96. The second-order valence-electron chi connectivity index (χ2n) is 5.05. The lowest BCUT2D eigenvalue weighted by Crippen LogP contribution is -2.45. The fraction of sp³-hybridized carbons (Fsp3) is 0.467. The molecular formula is C15H18NO3-. The predicted molar refractivity (Wildman–Crippen MR) is 70.3 cm³/mol. The van der Waals surface area contributed by atoms with Crippen molar-refractivity contribution in [2.24, 2.45) is 11.8 Å². The molecule has 0 unspecified atom stereocenters. The topological polar surface area (TPSA) is 60.4 Å². The molecule has 1 fully saturated rings. The summed E-state index contributed by atoms with van der Waals surface area (Å²) in [5.74, 6) is -2.32. The number of amides is 1. The van der Waals surface area contributed by atoms with Crippen molar-refractivity contribution in [3.8, 4) is 0 Å². The maximum atomic E-state index is 12.4. The van der Waals surface area contributed by atoms with Crippen LogP contribution in [0.5, 0.6) is 0 Å². The number of nitrogens with zero attached hydrogens (tertiary/aromatic N) is 1. The first-order valence-corrected chi connectivity index (χ1v) is 6.64. The molecule has 1 aromatic rings. The first-order valence-electron chi connectivity index (χ1n) is 6.64. The second kappa shape index (κ2) is 5.87. The van der Waals surface area contributed by atoms with E-state index in [1.807, 2.05) is 30.3 Å². The Kier molecular flexibility index (Phi) is 4.20. The van der Waals surface area contributed by atoms with Crippen LogP contribution in [-0.2, 0) is 9.59 Å². The molecule has 1 aliphatic carbocycles. The lowest BCUT2D eigenvalue weighted by atomic mass is 9.78. The molecule has 2 atom stereocenters. The van der Waals surface area contributed by atoms with Gasteiger partial charge in [-0.15, -0.1) is 0 Å². The average molecular weight is 260 g/mol. The van der Waals surface area contributed by atoms with Gasteiger partial charge in [-0.3, -0.25) is 4.79 Å². The second-order valence-corrected chi connectivity index (χ2v) is 5.05. The highest BCUT2D eigenvalue weighted by atomic mass is 16.4. The highest BCUT2D eigenvalue weighted by Gasteiger charge is 2.33. The minimum absolute atomic E-state index is 0.125. The average Bonchev–Trinajstić information content (AvgIpc) is 2.46. The number of rotatable bonds is 3. The van der Waals surface area contributed by atoms with Gasteiger partial charge < -0.3 is 14.8 Å². The molecule has 0 bridgehead atoms. The summed E-state index contributed by atoms with van der Waals surface area (Å²) >= 11 is 0. The van der Waals surface area contributed by atoms with Crippen molar-refractivity contribution in [2.45, 2.75) is 25.7 Å². The molecule has 0 aromatic heterocycles. The van der Waals surface area contributed by atoms with Gasteiger partial charge in [0.25, 0.3) is 0 Å². The van der Waals surface area contributed by atoms with Crippen LogP contribution >= 0.6 is 0 Å². The van der Waals surface area contributed by atoms with Crippen LogP contribution in [0.3, 0.4) is 0 Å². The van der Waals surface area contributed by atoms with E-state index in [1.165, 1.54) is 0 Å². The van der Waals surface area contributed by atoms with E-state index < -0.39 is 17.8 Å². The van der Waals surface area contributed by atoms with Crippen LogP contribution in [0.4, 0.5) is 5.69 Å². The Morgan fingerprint density at radius 2 is 1.68 bits per heavy atom. The van der Waals surface area contributed by atoms with Crippen molar-refractivity contribution < 1.29 is 14.7 Å². The maximum Gasteiger partial charge on any atom is 0.230 e. The lowest BCUT2D eigenvalue weighted by molar-refractivity contribution is -0.313. The monoisotopic (exact) mass is 260 g/mol. The molecule has 1 amide bonds. The van der Waals surface area contributed by atoms with E-state index in [0.29, 0.717) is 12.8 Å². The Morgan fingerprint density at radius 1 is 1.11 bits per heavy atom. The molecule has 4 nitrogen and oxygen atoms in total. The van der Waals surface area contributed by atoms with Gasteiger partial charge in [0.05, 0.1) is 0 Å². The summed E-state index contributed by atoms with van der Waals surface area (Å²) < 4.78 is 0. The van der Waals surface area contributed by atoms with Crippen LogP contribution in [0, 0.1) is 11.8 Å². The van der Waals surface area contributed by atoms with E-state index in [2.05, 4.69) is 0 Å². The third-order valence-electron chi connectivity index (χ3n) is 3.86. The van der Waals surface area contributed by atoms with Gasteiger partial charge in [0.1, 0.15) is 0 Å². The summed E-state index contributed by atoms with van der Waals surface area (Å²) in [7, 11) is 1.69. The molecule has 0 N–H and O–H groups in total. The van der Waals surface area contributed by atoms with Gasteiger partial charge in [-0.25, -0.2) is 0 Å². The van der Waals surface area contributed by atoms with E-state index in [-0.39, 0.29) is 5.91 Å². The summed E-state index contributed by atoms with van der Waals surface area (Å²) in [5, 5.41) is 11.1. The molecular weight excluding hydrogens is 242 g/mol. The number of carbonyl (C=O) groups is 2. The molecule has 2 rings (SSSR count). The van der Waals surface area contributed by atoms with Crippen LogP contribution in [0.15, 0.2) is 30.3 Å². The Balaban J connectivity index is 2.15. The Bertz CT molecular complexity index is 458. The number of anilines is 1. The van der Waals surface area contributed by atoms with Gasteiger partial charge in [0.15, 0.2) is 0 Å². The molecule has 1 saturated carbocycles. The lowest BCUT2D eigenvalue weighted by Gasteiger charge is -2.33. The van der Waals surface area contributed by atoms with Crippen molar-refractivity contribution in [1.82, 2.24) is 0 Å². The van der Waals surface area contributed by atoms with Crippen LogP contribution in [0.2, 0.25) is 0 Å². The van der Waals surface area contributed by atoms with E-state index in [4.69, 9.17) is 0 Å². The van der Waals surface area contributed by atoms with Crippen LogP contribution < -0.4 is 10.0 Å². The number of hydrogen-bond donors (Lipinski definition) is 0. The number of aliphatic carboxylic acids is 1. The number of benzene rings is 1. The Labute approximate surface area is 113 Å². The van der Waals surface area contributed by atoms with Gasteiger partial charge in [-0.2, -0.15) is 0 Å². The number of carboxylic acid groups (broad SMARTS) is 1. The van der Waals surface area contributed by atoms with Crippen molar-refractivity contribution in [3.05, 3.63) is 30.3 Å². The first kappa shape index (κ1) is 13.6. The maximum absolute atomic E-state index is 12.4. The molecule has 4 heteroatoms. The summed E-state index contributed by atoms with van der Waals surface area (Å²) in [4.78, 5) is 25.1. The van der Waals surface area contributed by atoms with Crippen LogP contribution in [-0.4, -0.2) is 18.9 Å². The van der Waals surface area contributed by atoms with Crippen LogP contribution in [0.1, 0.15) is 25.7 Å². The normalized spacial score (nSPS) is 22.8. The first-order chi connectivity index (χ1) is 9.11. The summed E-state index contributed by atoms with van der Waals surface area (Å²) in [6, 6.07) is 9.28. The van der Waals surface area contributed by atoms with Gasteiger partial charge in [0.2, 0.25) is 5.91 Å². The fourth-order valence-electron chi connectivity index (χ4n) is 2.74. The molecule has 0 spiro atoms. The van der Waals surface area contributed by atoms with Crippen molar-refractivity contribution in [1.29, 1.82) is 0 Å². The van der Waals surface area contributed by atoms with Gasteiger partial charge >= 0.3 is 0 Å². The summed E-state index contributed by atoms with van der Waals surface area (Å²) in [6.45, 7) is 0. The standard InChI is InChI=1S/C15H19NO3/c1-16(11-7-3-2-4-8-11)14(17)12-9-5-6-10-13(12)15(18)19/h2-4,7-8,12-13H,5-6,9-10H2,1H3,(H,18,19)/p-1/t12-,13+/m0/s1. The van der Waals surface area contributed by atoms with E-state index in [1.54, 1.807) is 11.9 Å². The van der Waals surface area contributed by atoms with Crippen molar-refractivity contribution in [2.75, 3.05) is 11.9 Å². The molecule has 1 aromatic carbocycles. The molecule has 0 aliphatic heterocycles. The molecule has 19 heavy (non-hydrogen) atoms. The minimum Gasteiger partial charge on any atom is -0.550 e. The Hall–Kier alpha value is -1.84.